The third-order valence-electron chi connectivity index (χ3n) is 3.49. The van der Waals surface area contributed by atoms with Crippen molar-refractivity contribution < 1.29 is 9.53 Å². The molecule has 2 fully saturated rings. The summed E-state index contributed by atoms with van der Waals surface area (Å²) >= 11 is 0. The third kappa shape index (κ3) is 3.35. The maximum absolute atomic E-state index is 12.2. The average molecular weight is 240 g/mol. The SMILES string of the molecule is CC(C)(C)OC(=O)N1C[C@H]2CCC[C@@H]1CNC2. The van der Waals surface area contributed by atoms with E-state index >= 15 is 0 Å². The van der Waals surface area contributed by atoms with Gasteiger partial charge in [0.1, 0.15) is 5.60 Å². The van der Waals surface area contributed by atoms with Gasteiger partial charge in [0.05, 0.1) is 0 Å². The van der Waals surface area contributed by atoms with Gasteiger partial charge < -0.3 is 15.0 Å². The molecule has 4 heteroatoms. The van der Waals surface area contributed by atoms with Crippen molar-refractivity contribution in [3.63, 3.8) is 0 Å². The average Bonchev–Trinajstić information content (AvgIpc) is 2.44. The maximum Gasteiger partial charge on any atom is 0.410 e. The normalized spacial score (nSPS) is 29.7. The number of nitrogens with zero attached hydrogens (tertiary/aromatic N) is 1. The van der Waals surface area contributed by atoms with Crippen LogP contribution in [0.15, 0.2) is 0 Å². The Morgan fingerprint density at radius 1 is 1.29 bits per heavy atom. The standard InChI is InChI=1S/C13H24N2O2/c1-13(2,3)17-12(16)15-9-10-5-4-6-11(15)8-14-7-10/h10-11,14H,4-9H2,1-3H3/t10-,11+/m0/s1. The van der Waals surface area contributed by atoms with Gasteiger partial charge in [-0.2, -0.15) is 0 Å². The fourth-order valence-electron chi connectivity index (χ4n) is 2.69. The summed E-state index contributed by atoms with van der Waals surface area (Å²) in [7, 11) is 0. The molecule has 2 heterocycles. The zero-order chi connectivity index (χ0) is 12.5. The summed E-state index contributed by atoms with van der Waals surface area (Å²) in [4.78, 5) is 14.1. The lowest BCUT2D eigenvalue weighted by molar-refractivity contribution is 0.0166. The van der Waals surface area contributed by atoms with Crippen molar-refractivity contribution in [2.75, 3.05) is 19.6 Å². The van der Waals surface area contributed by atoms with Crippen LogP contribution in [0.25, 0.3) is 0 Å². The number of hydrogen-bond donors (Lipinski definition) is 1. The molecule has 0 aromatic carbocycles. The number of fused-ring (bicyclic) bond motifs is 3. The van der Waals surface area contributed by atoms with Gasteiger partial charge in [-0.05, 0) is 46.1 Å². The summed E-state index contributed by atoms with van der Waals surface area (Å²) in [6.07, 6.45) is 3.42. The highest BCUT2D eigenvalue weighted by molar-refractivity contribution is 5.68. The lowest BCUT2D eigenvalue weighted by atomic mass is 10.0. The maximum atomic E-state index is 12.2. The van der Waals surface area contributed by atoms with Crippen molar-refractivity contribution >= 4 is 6.09 Å². The lowest BCUT2D eigenvalue weighted by Crippen LogP contribution is -2.45. The summed E-state index contributed by atoms with van der Waals surface area (Å²) in [6.45, 7) is 8.57. The lowest BCUT2D eigenvalue weighted by Gasteiger charge is -2.31. The van der Waals surface area contributed by atoms with Gasteiger partial charge in [-0.25, -0.2) is 4.79 Å². The van der Waals surface area contributed by atoms with Crippen LogP contribution in [-0.2, 0) is 4.74 Å². The van der Waals surface area contributed by atoms with E-state index in [0.717, 1.165) is 26.1 Å². The van der Waals surface area contributed by atoms with E-state index in [1.165, 1.54) is 12.8 Å². The quantitative estimate of drug-likeness (QED) is 0.704. The minimum absolute atomic E-state index is 0.141. The fraction of sp³-hybridized carbons (Fsp3) is 0.923. The smallest absolute Gasteiger partial charge is 0.410 e. The molecular weight excluding hydrogens is 216 g/mol. The Kier molecular flexibility index (Phi) is 3.61. The number of amides is 1. The molecule has 2 rings (SSSR count). The fourth-order valence-corrected chi connectivity index (χ4v) is 2.69. The number of hydrogen-bond acceptors (Lipinski definition) is 3. The number of carbonyl (C=O) groups is 1. The molecule has 17 heavy (non-hydrogen) atoms. The predicted molar refractivity (Wildman–Crippen MR) is 66.9 cm³/mol. The summed E-state index contributed by atoms with van der Waals surface area (Å²) in [6, 6.07) is 0.317. The van der Waals surface area contributed by atoms with Gasteiger partial charge in [-0.1, -0.05) is 6.42 Å². The van der Waals surface area contributed by atoms with Crippen molar-refractivity contribution in [1.29, 1.82) is 0 Å². The van der Waals surface area contributed by atoms with Crippen molar-refractivity contribution in [3.8, 4) is 0 Å². The molecule has 4 nitrogen and oxygen atoms in total. The van der Waals surface area contributed by atoms with Crippen molar-refractivity contribution in [2.24, 2.45) is 5.92 Å². The molecule has 0 radical (unpaired) electrons. The second-order valence-electron chi connectivity index (χ2n) is 6.24. The Hall–Kier alpha value is -0.770. The van der Waals surface area contributed by atoms with E-state index in [4.69, 9.17) is 4.74 Å². The second kappa shape index (κ2) is 4.84. The van der Waals surface area contributed by atoms with Gasteiger partial charge in [0.2, 0.25) is 0 Å². The van der Waals surface area contributed by atoms with Crippen LogP contribution in [0, 0.1) is 5.92 Å². The minimum atomic E-state index is -0.398. The van der Waals surface area contributed by atoms with E-state index in [1.807, 2.05) is 25.7 Å². The van der Waals surface area contributed by atoms with Crippen LogP contribution >= 0.6 is 0 Å². The van der Waals surface area contributed by atoms with Crippen molar-refractivity contribution in [1.82, 2.24) is 10.2 Å². The summed E-state index contributed by atoms with van der Waals surface area (Å²) < 4.78 is 5.50. The van der Waals surface area contributed by atoms with Gasteiger partial charge >= 0.3 is 6.09 Å². The third-order valence-corrected chi connectivity index (χ3v) is 3.49. The Labute approximate surface area is 104 Å². The molecule has 0 aromatic heterocycles. The molecular formula is C13H24N2O2. The Balaban J connectivity index is 2.06. The van der Waals surface area contributed by atoms with E-state index in [1.54, 1.807) is 0 Å². The van der Waals surface area contributed by atoms with E-state index in [-0.39, 0.29) is 6.09 Å². The molecule has 2 aliphatic rings. The van der Waals surface area contributed by atoms with Gasteiger partial charge in [0.15, 0.2) is 0 Å². The summed E-state index contributed by atoms with van der Waals surface area (Å²) in [5, 5.41) is 3.45. The van der Waals surface area contributed by atoms with Gasteiger partial charge in [-0.3, -0.25) is 0 Å². The zero-order valence-electron chi connectivity index (χ0n) is 11.2. The predicted octanol–water partition coefficient (Wildman–Crippen LogP) is 2.00. The summed E-state index contributed by atoms with van der Waals surface area (Å²) in [5.41, 5.74) is -0.398. The van der Waals surface area contributed by atoms with Crippen LogP contribution in [0.5, 0.6) is 0 Å². The highest BCUT2D eigenvalue weighted by Gasteiger charge is 2.34. The van der Waals surface area contributed by atoms with E-state index in [9.17, 15) is 4.79 Å². The summed E-state index contributed by atoms with van der Waals surface area (Å²) in [5.74, 6) is 0.593. The molecule has 2 atom stereocenters. The van der Waals surface area contributed by atoms with Crippen molar-refractivity contribution in [3.05, 3.63) is 0 Å². The van der Waals surface area contributed by atoms with E-state index < -0.39 is 5.60 Å². The Bertz CT molecular complexity index is 276. The first kappa shape index (κ1) is 12.7. The first-order chi connectivity index (χ1) is 7.96. The largest absolute Gasteiger partial charge is 0.444 e. The van der Waals surface area contributed by atoms with Crippen LogP contribution in [0.4, 0.5) is 4.79 Å². The molecule has 1 amide bonds. The first-order valence-corrected chi connectivity index (χ1v) is 6.66. The Morgan fingerprint density at radius 2 is 2.06 bits per heavy atom. The second-order valence-corrected chi connectivity index (χ2v) is 6.24. The van der Waals surface area contributed by atoms with Gasteiger partial charge in [0, 0.05) is 19.1 Å². The van der Waals surface area contributed by atoms with Crippen LogP contribution in [-0.4, -0.2) is 42.3 Å². The number of rotatable bonds is 0. The highest BCUT2D eigenvalue weighted by atomic mass is 16.6. The molecule has 0 aliphatic carbocycles. The minimum Gasteiger partial charge on any atom is -0.444 e. The molecule has 2 aliphatic heterocycles. The topological polar surface area (TPSA) is 41.6 Å². The molecule has 0 spiro atoms. The van der Waals surface area contributed by atoms with Crippen LogP contribution in [0.3, 0.4) is 0 Å². The molecule has 1 N–H and O–H groups in total. The number of ether oxygens (including phenoxy) is 1. The first-order valence-electron chi connectivity index (χ1n) is 6.66. The highest BCUT2D eigenvalue weighted by Crippen LogP contribution is 2.25. The van der Waals surface area contributed by atoms with Crippen molar-refractivity contribution in [2.45, 2.75) is 51.7 Å². The van der Waals surface area contributed by atoms with E-state index in [2.05, 4.69) is 5.32 Å². The molecule has 0 unspecified atom stereocenters. The van der Waals surface area contributed by atoms with E-state index in [0.29, 0.717) is 12.0 Å². The Morgan fingerprint density at radius 3 is 2.76 bits per heavy atom. The zero-order valence-corrected chi connectivity index (χ0v) is 11.2. The molecule has 0 saturated carbocycles. The van der Waals surface area contributed by atoms with Gasteiger partial charge in [-0.15, -0.1) is 0 Å². The molecule has 2 saturated heterocycles. The number of carbonyl (C=O) groups excluding carboxylic acids is 1. The molecule has 0 aromatic rings. The molecule has 2 bridgehead atoms. The molecule has 98 valence electrons. The monoisotopic (exact) mass is 240 g/mol. The van der Waals surface area contributed by atoms with Gasteiger partial charge in [0.25, 0.3) is 0 Å². The van der Waals surface area contributed by atoms with Crippen LogP contribution in [0.1, 0.15) is 40.0 Å². The van der Waals surface area contributed by atoms with Crippen LogP contribution < -0.4 is 5.32 Å². The van der Waals surface area contributed by atoms with Crippen LogP contribution in [0.2, 0.25) is 0 Å². The number of nitrogens with one attached hydrogen (secondary N) is 1.